The molecule has 0 aliphatic carbocycles. The van der Waals surface area contributed by atoms with Crippen LogP contribution in [0.15, 0.2) is 47.0 Å². The predicted octanol–water partition coefficient (Wildman–Crippen LogP) is 7.47. The molecule has 1 atom stereocenters. The van der Waals surface area contributed by atoms with Crippen LogP contribution in [0.2, 0.25) is 0 Å². The normalized spacial score (nSPS) is 19.6. The van der Waals surface area contributed by atoms with Crippen LogP contribution in [0.4, 0.5) is 4.39 Å². The summed E-state index contributed by atoms with van der Waals surface area (Å²) in [5.74, 6) is 3.40. The smallest absolute Gasteiger partial charge is 0.170 e. The molecule has 182 valence electrons. The summed E-state index contributed by atoms with van der Waals surface area (Å²) < 4.78 is 19.5. The Morgan fingerprint density at radius 3 is 2.59 bits per heavy atom. The standard InChI is InChI=1S/C28H35FN2OS2/c1-20(28-33-17-4-18-34-28)22-8-6-21(7-9-22)5-2-3-14-31-15-12-23(13-16-31)27-25-11-10-24(29)19-26(25)32-30-27/h6-11,19-20,23,28H,2-5,12-18H2,1H3. The number of aromatic nitrogens is 1. The quantitative estimate of drug-likeness (QED) is 0.301. The number of benzene rings is 2. The van der Waals surface area contributed by atoms with Gasteiger partial charge in [-0.25, -0.2) is 4.39 Å². The highest BCUT2D eigenvalue weighted by Crippen LogP contribution is 2.40. The number of likely N-dealkylation sites (tertiary alicyclic amines) is 1. The van der Waals surface area contributed by atoms with E-state index < -0.39 is 0 Å². The molecule has 0 N–H and O–H groups in total. The highest BCUT2D eigenvalue weighted by atomic mass is 32.2. The summed E-state index contributed by atoms with van der Waals surface area (Å²) in [4.78, 5) is 2.59. The fraction of sp³-hybridized carbons (Fsp3) is 0.536. The van der Waals surface area contributed by atoms with Gasteiger partial charge >= 0.3 is 0 Å². The van der Waals surface area contributed by atoms with Crippen molar-refractivity contribution in [2.45, 2.75) is 61.9 Å². The van der Waals surface area contributed by atoms with Crippen LogP contribution >= 0.6 is 23.5 Å². The van der Waals surface area contributed by atoms with E-state index in [0.717, 1.165) is 41.6 Å². The molecule has 0 saturated carbocycles. The summed E-state index contributed by atoms with van der Waals surface area (Å²) in [5.41, 5.74) is 4.52. The third-order valence-electron chi connectivity index (χ3n) is 7.39. The van der Waals surface area contributed by atoms with Gasteiger partial charge < -0.3 is 9.42 Å². The van der Waals surface area contributed by atoms with Gasteiger partial charge in [-0.05, 0) is 92.9 Å². The maximum Gasteiger partial charge on any atom is 0.170 e. The van der Waals surface area contributed by atoms with E-state index in [1.807, 2.05) is 6.07 Å². The van der Waals surface area contributed by atoms with E-state index in [9.17, 15) is 4.39 Å². The molecule has 2 aliphatic heterocycles. The van der Waals surface area contributed by atoms with Gasteiger partial charge in [0.1, 0.15) is 5.82 Å². The van der Waals surface area contributed by atoms with Gasteiger partial charge in [0.15, 0.2) is 5.58 Å². The maximum absolute atomic E-state index is 13.4. The van der Waals surface area contributed by atoms with Crippen molar-refractivity contribution in [2.75, 3.05) is 31.1 Å². The first-order chi connectivity index (χ1) is 16.7. The second kappa shape index (κ2) is 11.5. The van der Waals surface area contributed by atoms with Gasteiger partial charge in [-0.2, -0.15) is 0 Å². The van der Waals surface area contributed by atoms with Crippen molar-refractivity contribution >= 4 is 34.5 Å². The number of hydrogen-bond donors (Lipinski definition) is 0. The third-order valence-corrected chi connectivity index (χ3v) is 10.7. The summed E-state index contributed by atoms with van der Waals surface area (Å²) in [5, 5.41) is 5.24. The molecular formula is C28H35FN2OS2. The topological polar surface area (TPSA) is 29.3 Å². The van der Waals surface area contributed by atoms with E-state index in [-0.39, 0.29) is 5.82 Å². The first-order valence-electron chi connectivity index (χ1n) is 12.8. The lowest BCUT2D eigenvalue weighted by Crippen LogP contribution is -2.33. The molecule has 0 radical (unpaired) electrons. The zero-order valence-corrected chi connectivity index (χ0v) is 21.7. The van der Waals surface area contributed by atoms with Crippen molar-refractivity contribution in [3.8, 4) is 0 Å². The predicted molar refractivity (Wildman–Crippen MR) is 143 cm³/mol. The molecule has 2 aliphatic rings. The molecule has 1 unspecified atom stereocenters. The first kappa shape index (κ1) is 24.2. The SMILES string of the molecule is CC(c1ccc(CCCCN2CCC(c3noc4cc(F)ccc34)CC2)cc1)C1SCCCS1. The molecule has 0 bridgehead atoms. The minimum absolute atomic E-state index is 0.270. The minimum Gasteiger partial charge on any atom is -0.356 e. The van der Waals surface area contributed by atoms with Gasteiger partial charge in [-0.3, -0.25) is 0 Å². The number of nitrogens with zero attached hydrogens (tertiary/aromatic N) is 2. The van der Waals surface area contributed by atoms with E-state index in [4.69, 9.17) is 4.52 Å². The number of aryl methyl sites for hydroxylation is 1. The number of halogens is 1. The van der Waals surface area contributed by atoms with Crippen LogP contribution in [0.3, 0.4) is 0 Å². The van der Waals surface area contributed by atoms with Crippen molar-refractivity contribution in [1.29, 1.82) is 0 Å². The van der Waals surface area contributed by atoms with Crippen molar-refractivity contribution in [2.24, 2.45) is 0 Å². The summed E-state index contributed by atoms with van der Waals surface area (Å²) in [6.07, 6.45) is 7.19. The van der Waals surface area contributed by atoms with Crippen LogP contribution in [0, 0.1) is 5.82 Å². The van der Waals surface area contributed by atoms with Crippen molar-refractivity contribution in [1.82, 2.24) is 10.1 Å². The van der Waals surface area contributed by atoms with E-state index in [0.29, 0.717) is 17.4 Å². The molecule has 3 heterocycles. The number of unbranched alkanes of at least 4 members (excludes halogenated alkanes) is 1. The molecule has 0 spiro atoms. The molecular weight excluding hydrogens is 463 g/mol. The summed E-state index contributed by atoms with van der Waals surface area (Å²) in [6.45, 7) is 5.76. The molecule has 0 amide bonds. The number of rotatable bonds is 8. The van der Waals surface area contributed by atoms with Gasteiger partial charge in [0.05, 0.1) is 10.3 Å². The number of fused-ring (bicyclic) bond motifs is 1. The molecule has 5 rings (SSSR count). The minimum atomic E-state index is -0.270. The van der Waals surface area contributed by atoms with Crippen LogP contribution in [0.1, 0.15) is 67.7 Å². The summed E-state index contributed by atoms with van der Waals surface area (Å²) in [6, 6.07) is 14.2. The van der Waals surface area contributed by atoms with E-state index >= 15 is 0 Å². The van der Waals surface area contributed by atoms with Crippen molar-refractivity contribution in [3.63, 3.8) is 0 Å². The maximum atomic E-state index is 13.4. The Labute approximate surface area is 211 Å². The Hall–Kier alpha value is -1.50. The van der Waals surface area contributed by atoms with Gasteiger partial charge in [-0.1, -0.05) is 36.3 Å². The monoisotopic (exact) mass is 498 g/mol. The largest absolute Gasteiger partial charge is 0.356 e. The molecule has 3 aromatic rings. The van der Waals surface area contributed by atoms with Crippen LogP contribution in [0.25, 0.3) is 11.0 Å². The van der Waals surface area contributed by atoms with Gasteiger partial charge in [0, 0.05) is 23.3 Å². The van der Waals surface area contributed by atoms with Crippen LogP contribution in [-0.2, 0) is 6.42 Å². The molecule has 2 saturated heterocycles. The Morgan fingerprint density at radius 2 is 1.82 bits per heavy atom. The average molecular weight is 499 g/mol. The van der Waals surface area contributed by atoms with Crippen molar-refractivity contribution in [3.05, 3.63) is 65.1 Å². The molecule has 1 aromatic heterocycles. The van der Waals surface area contributed by atoms with E-state index in [1.54, 1.807) is 0 Å². The van der Waals surface area contributed by atoms with E-state index in [2.05, 4.69) is 64.8 Å². The number of piperidine rings is 1. The molecule has 6 heteroatoms. The second-order valence-electron chi connectivity index (χ2n) is 9.78. The second-order valence-corrected chi connectivity index (χ2v) is 12.6. The zero-order valence-electron chi connectivity index (χ0n) is 20.0. The van der Waals surface area contributed by atoms with Gasteiger partial charge in [-0.15, -0.1) is 23.5 Å². The first-order valence-corrected chi connectivity index (χ1v) is 14.9. The highest BCUT2D eigenvalue weighted by Gasteiger charge is 2.25. The van der Waals surface area contributed by atoms with Crippen LogP contribution < -0.4 is 0 Å². The molecule has 2 aromatic carbocycles. The fourth-order valence-electron chi connectivity index (χ4n) is 5.26. The van der Waals surface area contributed by atoms with Crippen LogP contribution in [0.5, 0.6) is 0 Å². The van der Waals surface area contributed by atoms with E-state index in [1.165, 1.54) is 67.0 Å². The lowest BCUT2D eigenvalue weighted by Gasteiger charge is -2.31. The van der Waals surface area contributed by atoms with Gasteiger partial charge in [0.2, 0.25) is 0 Å². The summed E-state index contributed by atoms with van der Waals surface area (Å²) in [7, 11) is 0. The molecule has 34 heavy (non-hydrogen) atoms. The highest BCUT2D eigenvalue weighted by molar-refractivity contribution is 8.17. The Kier molecular flexibility index (Phi) is 8.18. The Balaban J connectivity index is 1.03. The van der Waals surface area contributed by atoms with Crippen LogP contribution in [-0.4, -0.2) is 45.8 Å². The Morgan fingerprint density at radius 1 is 1.06 bits per heavy atom. The Bertz CT molecular complexity index is 1060. The fourth-order valence-corrected chi connectivity index (χ4v) is 8.38. The lowest BCUT2D eigenvalue weighted by atomic mass is 9.91. The average Bonchev–Trinajstić information content (AvgIpc) is 3.30. The van der Waals surface area contributed by atoms with Crippen molar-refractivity contribution < 1.29 is 8.91 Å². The number of thioether (sulfide) groups is 2. The number of hydrogen-bond acceptors (Lipinski definition) is 5. The summed E-state index contributed by atoms with van der Waals surface area (Å²) >= 11 is 4.27. The molecule has 2 fully saturated rings. The lowest BCUT2D eigenvalue weighted by molar-refractivity contribution is 0.206. The zero-order chi connectivity index (χ0) is 23.3. The third kappa shape index (κ3) is 5.83. The van der Waals surface area contributed by atoms with Gasteiger partial charge in [0.25, 0.3) is 0 Å². The molecule has 3 nitrogen and oxygen atoms in total.